The van der Waals surface area contributed by atoms with Crippen LogP contribution in [-0.2, 0) is 32.6 Å². The fraction of sp³-hybridized carbons (Fsp3) is 0.462. The van der Waals surface area contributed by atoms with E-state index in [0.717, 1.165) is 61.4 Å². The first-order chi connectivity index (χ1) is 18.1. The van der Waals surface area contributed by atoms with Gasteiger partial charge in [-0.05, 0) is 43.0 Å². The second kappa shape index (κ2) is 11.9. The highest BCUT2D eigenvalue weighted by Gasteiger charge is 2.24. The standard InChI is InChI=1S/C26H31N5O5S/c1-3-19-13-27-26(28-14-19)31-10-8-23(9-11-31)36-25-18(2)24(29-17-30-25)35-22-6-4-20(5-7-22)12-21-15-33-37(32)34-16-21/h4-7,13-14,17,21,23H,3,8-12,15-16H2,1-2H3/t21-,37-. The van der Waals surface area contributed by atoms with E-state index in [9.17, 15) is 4.21 Å². The molecule has 0 atom stereocenters. The zero-order chi connectivity index (χ0) is 25.6. The van der Waals surface area contributed by atoms with Gasteiger partial charge in [0.2, 0.25) is 17.7 Å². The molecule has 0 amide bonds. The van der Waals surface area contributed by atoms with Gasteiger partial charge in [-0.15, -0.1) is 0 Å². The molecule has 11 heteroatoms. The number of aryl methyl sites for hydroxylation is 1. The molecule has 196 valence electrons. The Labute approximate surface area is 219 Å². The number of hydrogen-bond acceptors (Lipinski definition) is 10. The molecule has 2 aliphatic rings. The summed E-state index contributed by atoms with van der Waals surface area (Å²) in [5, 5.41) is 0. The molecule has 0 radical (unpaired) electrons. The molecule has 0 saturated carbocycles. The van der Waals surface area contributed by atoms with Crippen LogP contribution in [0.1, 0.15) is 36.5 Å². The number of benzene rings is 1. The number of piperidine rings is 1. The lowest BCUT2D eigenvalue weighted by Gasteiger charge is -2.32. The van der Waals surface area contributed by atoms with Crippen LogP contribution in [0, 0.1) is 12.8 Å². The third-order valence-electron chi connectivity index (χ3n) is 6.56. The van der Waals surface area contributed by atoms with Crippen LogP contribution in [-0.4, -0.2) is 56.6 Å². The molecule has 1 aromatic carbocycles. The molecule has 10 nitrogen and oxygen atoms in total. The van der Waals surface area contributed by atoms with Gasteiger partial charge >= 0.3 is 11.4 Å². The topological polar surface area (TPSA) is 109 Å². The van der Waals surface area contributed by atoms with E-state index in [1.165, 1.54) is 6.33 Å². The average Bonchev–Trinajstić information content (AvgIpc) is 2.94. The van der Waals surface area contributed by atoms with E-state index < -0.39 is 11.4 Å². The van der Waals surface area contributed by atoms with Crippen molar-refractivity contribution < 1.29 is 22.0 Å². The number of hydrogen-bond donors (Lipinski definition) is 0. The van der Waals surface area contributed by atoms with Gasteiger partial charge in [-0.2, -0.15) is 4.21 Å². The highest BCUT2D eigenvalue weighted by atomic mass is 32.2. The lowest BCUT2D eigenvalue weighted by atomic mass is 10.0. The molecule has 2 aliphatic heterocycles. The van der Waals surface area contributed by atoms with Crippen molar-refractivity contribution in [2.75, 3.05) is 31.2 Å². The number of nitrogens with zero attached hydrogens (tertiary/aromatic N) is 5. The van der Waals surface area contributed by atoms with Crippen LogP contribution in [0.25, 0.3) is 0 Å². The zero-order valence-electron chi connectivity index (χ0n) is 21.0. The summed E-state index contributed by atoms with van der Waals surface area (Å²) in [4.78, 5) is 19.9. The van der Waals surface area contributed by atoms with Gasteiger partial charge in [0.1, 0.15) is 18.2 Å². The van der Waals surface area contributed by atoms with E-state index in [1.807, 2.05) is 43.6 Å². The van der Waals surface area contributed by atoms with Crippen molar-refractivity contribution in [3.63, 3.8) is 0 Å². The van der Waals surface area contributed by atoms with Gasteiger partial charge in [-0.25, -0.2) is 19.9 Å². The molecule has 37 heavy (non-hydrogen) atoms. The monoisotopic (exact) mass is 525 g/mol. The largest absolute Gasteiger partial charge is 0.474 e. The van der Waals surface area contributed by atoms with E-state index in [4.69, 9.17) is 17.8 Å². The second-order valence-corrected chi connectivity index (χ2v) is 10.1. The molecule has 0 unspecified atom stereocenters. The lowest BCUT2D eigenvalue weighted by molar-refractivity contribution is 0.124. The Morgan fingerprint density at radius 3 is 2.32 bits per heavy atom. The van der Waals surface area contributed by atoms with Crippen molar-refractivity contribution in [3.8, 4) is 17.5 Å². The first-order valence-electron chi connectivity index (χ1n) is 12.6. The van der Waals surface area contributed by atoms with E-state index in [2.05, 4.69) is 31.8 Å². The first kappa shape index (κ1) is 25.5. The molecule has 0 aliphatic carbocycles. The summed E-state index contributed by atoms with van der Waals surface area (Å²) in [6.07, 6.45) is 8.73. The second-order valence-electron chi connectivity index (χ2n) is 9.25. The summed E-state index contributed by atoms with van der Waals surface area (Å²) in [5.74, 6) is 2.63. The van der Waals surface area contributed by atoms with Crippen molar-refractivity contribution in [2.24, 2.45) is 5.92 Å². The van der Waals surface area contributed by atoms with Gasteiger partial charge < -0.3 is 14.4 Å². The molecule has 0 N–H and O–H groups in total. The summed E-state index contributed by atoms with van der Waals surface area (Å²) >= 11 is -1.61. The molecule has 0 bridgehead atoms. The van der Waals surface area contributed by atoms with Crippen molar-refractivity contribution in [2.45, 2.75) is 45.6 Å². The summed E-state index contributed by atoms with van der Waals surface area (Å²) < 4.78 is 33.6. The molecular formula is C26H31N5O5S. The Morgan fingerprint density at radius 2 is 1.65 bits per heavy atom. The van der Waals surface area contributed by atoms with E-state index in [1.54, 1.807) is 0 Å². The highest BCUT2D eigenvalue weighted by Crippen LogP contribution is 2.30. The Kier molecular flexibility index (Phi) is 8.22. The van der Waals surface area contributed by atoms with E-state index >= 15 is 0 Å². The molecule has 3 aromatic rings. The molecule has 2 fully saturated rings. The first-order valence-corrected chi connectivity index (χ1v) is 13.6. The lowest BCUT2D eigenvalue weighted by Crippen LogP contribution is -2.39. The van der Waals surface area contributed by atoms with Gasteiger partial charge in [0, 0.05) is 44.2 Å². The van der Waals surface area contributed by atoms with Gasteiger partial charge in [-0.1, -0.05) is 19.1 Å². The van der Waals surface area contributed by atoms with E-state index in [-0.39, 0.29) is 12.0 Å². The van der Waals surface area contributed by atoms with Crippen molar-refractivity contribution in [1.29, 1.82) is 0 Å². The van der Waals surface area contributed by atoms with Crippen LogP contribution in [0.15, 0.2) is 43.0 Å². The number of rotatable bonds is 8. The Bertz CT molecular complexity index is 1190. The normalized spacial score (nSPS) is 20.5. The molecule has 5 rings (SSSR count). The van der Waals surface area contributed by atoms with Crippen LogP contribution in [0.5, 0.6) is 17.5 Å². The predicted octanol–water partition coefficient (Wildman–Crippen LogP) is 3.76. The van der Waals surface area contributed by atoms with Crippen LogP contribution in [0.2, 0.25) is 0 Å². The van der Waals surface area contributed by atoms with E-state index in [0.29, 0.717) is 30.7 Å². The highest BCUT2D eigenvalue weighted by molar-refractivity contribution is 7.75. The minimum atomic E-state index is -1.61. The van der Waals surface area contributed by atoms with Gasteiger partial charge in [0.15, 0.2) is 0 Å². The minimum Gasteiger partial charge on any atom is -0.474 e. The SMILES string of the molecule is CCc1cnc(N2CCC(Oc3ncnc(Oc4ccc(C[C@H]5CO[S@](=O)OC5)cc4)c3C)CC2)nc1. The minimum absolute atomic E-state index is 0.0528. The Balaban J connectivity index is 1.15. The van der Waals surface area contributed by atoms with Crippen LogP contribution in [0.3, 0.4) is 0 Å². The average molecular weight is 526 g/mol. The van der Waals surface area contributed by atoms with Crippen molar-refractivity contribution >= 4 is 17.3 Å². The number of ether oxygens (including phenoxy) is 2. The van der Waals surface area contributed by atoms with Crippen LogP contribution in [0.4, 0.5) is 5.95 Å². The Morgan fingerprint density at radius 1 is 0.973 bits per heavy atom. The smallest absolute Gasteiger partial charge is 0.304 e. The number of aromatic nitrogens is 4. The maximum atomic E-state index is 11.2. The number of anilines is 1. The van der Waals surface area contributed by atoms with Gasteiger partial charge in [0.25, 0.3) is 0 Å². The molecule has 2 aromatic heterocycles. The van der Waals surface area contributed by atoms with Crippen LogP contribution < -0.4 is 14.4 Å². The van der Waals surface area contributed by atoms with Crippen molar-refractivity contribution in [1.82, 2.24) is 19.9 Å². The maximum Gasteiger partial charge on any atom is 0.304 e. The Hall–Kier alpha value is -3.15. The van der Waals surface area contributed by atoms with Gasteiger partial charge in [-0.3, -0.25) is 8.37 Å². The fourth-order valence-electron chi connectivity index (χ4n) is 4.31. The molecule has 0 spiro atoms. The van der Waals surface area contributed by atoms with Gasteiger partial charge in [0.05, 0.1) is 18.8 Å². The molecular weight excluding hydrogens is 494 g/mol. The quantitative estimate of drug-likeness (QED) is 0.431. The summed E-state index contributed by atoms with van der Waals surface area (Å²) in [7, 11) is 0. The third-order valence-corrected chi connectivity index (χ3v) is 7.21. The van der Waals surface area contributed by atoms with Crippen LogP contribution >= 0.6 is 0 Å². The van der Waals surface area contributed by atoms with Crippen molar-refractivity contribution in [3.05, 3.63) is 59.7 Å². The summed E-state index contributed by atoms with van der Waals surface area (Å²) in [6, 6.07) is 7.82. The molecule has 2 saturated heterocycles. The fourth-order valence-corrected chi connectivity index (χ4v) is 4.98. The molecule has 4 heterocycles. The summed E-state index contributed by atoms with van der Waals surface area (Å²) in [5.41, 5.74) is 3.02. The maximum absolute atomic E-state index is 11.2. The third kappa shape index (κ3) is 6.60. The summed E-state index contributed by atoms with van der Waals surface area (Å²) in [6.45, 7) is 6.50. The zero-order valence-corrected chi connectivity index (χ0v) is 21.9. The predicted molar refractivity (Wildman–Crippen MR) is 138 cm³/mol.